The first kappa shape index (κ1) is 18.7. The van der Waals surface area contributed by atoms with Crippen molar-refractivity contribution in [3.8, 4) is 0 Å². The van der Waals surface area contributed by atoms with Crippen molar-refractivity contribution in [1.29, 1.82) is 0 Å². The molecular weight excluding hydrogens is 326 g/mol. The summed E-state index contributed by atoms with van der Waals surface area (Å²) in [5.41, 5.74) is 1.98. The van der Waals surface area contributed by atoms with Gasteiger partial charge in [0.15, 0.2) is 0 Å². The van der Waals surface area contributed by atoms with Gasteiger partial charge in [-0.1, -0.05) is 12.1 Å². The maximum absolute atomic E-state index is 12.3. The fourth-order valence-electron chi connectivity index (χ4n) is 3.46. The zero-order valence-electron chi connectivity index (χ0n) is 14.1. The zero-order valence-corrected chi connectivity index (χ0v) is 14.9. The van der Waals surface area contributed by atoms with Crippen LogP contribution in [0.15, 0.2) is 24.3 Å². The van der Waals surface area contributed by atoms with Crippen molar-refractivity contribution in [2.24, 2.45) is 5.92 Å². The lowest BCUT2D eigenvalue weighted by Gasteiger charge is -2.27. The zero-order chi connectivity index (χ0) is 16.2. The molecule has 2 saturated heterocycles. The van der Waals surface area contributed by atoms with Crippen molar-refractivity contribution in [2.45, 2.75) is 45.2 Å². The number of piperidine rings is 1. The molecule has 2 fully saturated rings. The van der Waals surface area contributed by atoms with Crippen molar-refractivity contribution >= 4 is 29.9 Å². The summed E-state index contributed by atoms with van der Waals surface area (Å²) in [6.07, 6.45) is 3.36. The van der Waals surface area contributed by atoms with Gasteiger partial charge in [0, 0.05) is 37.2 Å². The molecule has 2 N–H and O–H groups in total. The predicted molar refractivity (Wildman–Crippen MR) is 97.3 cm³/mol. The first-order valence-corrected chi connectivity index (χ1v) is 8.54. The Labute approximate surface area is 149 Å². The summed E-state index contributed by atoms with van der Waals surface area (Å²) >= 11 is 0. The minimum atomic E-state index is 0. The van der Waals surface area contributed by atoms with Crippen LogP contribution in [-0.4, -0.2) is 30.9 Å². The molecule has 24 heavy (non-hydrogen) atoms. The van der Waals surface area contributed by atoms with E-state index in [1.54, 1.807) is 0 Å². The Bertz CT molecular complexity index is 593. The highest BCUT2D eigenvalue weighted by Crippen LogP contribution is 2.22. The van der Waals surface area contributed by atoms with Crippen molar-refractivity contribution < 1.29 is 9.59 Å². The largest absolute Gasteiger partial charge is 0.352 e. The monoisotopic (exact) mass is 351 g/mol. The molecule has 0 radical (unpaired) electrons. The second kappa shape index (κ2) is 8.49. The van der Waals surface area contributed by atoms with E-state index in [9.17, 15) is 9.59 Å². The molecule has 1 aromatic rings. The molecule has 0 aromatic heterocycles. The number of amides is 2. The van der Waals surface area contributed by atoms with Crippen LogP contribution < -0.4 is 15.5 Å². The second-order valence-corrected chi connectivity index (χ2v) is 6.61. The third-order valence-electron chi connectivity index (χ3n) is 4.76. The van der Waals surface area contributed by atoms with Crippen LogP contribution in [0.25, 0.3) is 0 Å². The van der Waals surface area contributed by atoms with Crippen LogP contribution in [0.3, 0.4) is 0 Å². The average Bonchev–Trinajstić information content (AvgIpc) is 2.99. The van der Waals surface area contributed by atoms with Gasteiger partial charge in [-0.25, -0.2) is 0 Å². The molecule has 2 amide bonds. The summed E-state index contributed by atoms with van der Waals surface area (Å²) in [6.45, 7) is 4.34. The van der Waals surface area contributed by atoms with Crippen LogP contribution in [0, 0.1) is 5.92 Å². The van der Waals surface area contributed by atoms with E-state index in [1.807, 2.05) is 29.2 Å². The van der Waals surface area contributed by atoms with Gasteiger partial charge in [0.05, 0.1) is 0 Å². The molecule has 0 saturated carbocycles. The van der Waals surface area contributed by atoms with Crippen molar-refractivity contribution in [1.82, 2.24) is 10.6 Å². The Balaban J connectivity index is 0.00000208. The lowest BCUT2D eigenvalue weighted by molar-refractivity contribution is -0.126. The van der Waals surface area contributed by atoms with Crippen LogP contribution in [0.2, 0.25) is 0 Å². The fraction of sp³-hybridized carbons (Fsp3) is 0.556. The van der Waals surface area contributed by atoms with Crippen LogP contribution in [0.5, 0.6) is 0 Å². The summed E-state index contributed by atoms with van der Waals surface area (Å²) in [7, 11) is 0. The van der Waals surface area contributed by atoms with Gasteiger partial charge in [0.2, 0.25) is 11.8 Å². The molecule has 5 nitrogen and oxygen atoms in total. The molecule has 132 valence electrons. The standard InChI is InChI=1S/C18H25N3O2.ClH/c1-13-10-15(7-8-19-13)18(23)20-12-14-4-2-5-16(11-14)21-9-3-6-17(21)22;/h2,4-5,11,13,15,19H,3,6-10,12H2,1H3,(H,20,23);1H/t13-,15-;/m0./s1. The molecule has 2 aliphatic rings. The number of hydrogen-bond donors (Lipinski definition) is 2. The molecular formula is C18H26ClN3O2. The second-order valence-electron chi connectivity index (χ2n) is 6.61. The minimum absolute atomic E-state index is 0. The Morgan fingerprint density at radius 2 is 2.25 bits per heavy atom. The van der Waals surface area contributed by atoms with Gasteiger partial charge in [0.1, 0.15) is 0 Å². The highest BCUT2D eigenvalue weighted by molar-refractivity contribution is 5.95. The lowest BCUT2D eigenvalue weighted by atomic mass is 9.92. The Hall–Kier alpha value is -1.59. The first-order chi connectivity index (χ1) is 11.1. The topological polar surface area (TPSA) is 61.4 Å². The van der Waals surface area contributed by atoms with Gasteiger partial charge < -0.3 is 15.5 Å². The van der Waals surface area contributed by atoms with E-state index in [1.165, 1.54) is 0 Å². The van der Waals surface area contributed by atoms with Gasteiger partial charge in [-0.2, -0.15) is 0 Å². The van der Waals surface area contributed by atoms with E-state index >= 15 is 0 Å². The summed E-state index contributed by atoms with van der Waals surface area (Å²) < 4.78 is 0. The van der Waals surface area contributed by atoms with E-state index in [4.69, 9.17) is 0 Å². The summed E-state index contributed by atoms with van der Waals surface area (Å²) in [6, 6.07) is 8.33. The number of rotatable bonds is 4. The molecule has 2 heterocycles. The third kappa shape index (κ3) is 4.48. The summed E-state index contributed by atoms with van der Waals surface area (Å²) in [5.74, 6) is 0.436. The maximum Gasteiger partial charge on any atom is 0.227 e. The molecule has 2 atom stereocenters. The number of anilines is 1. The fourth-order valence-corrected chi connectivity index (χ4v) is 3.46. The normalized spacial score (nSPS) is 23.7. The predicted octanol–water partition coefficient (Wildman–Crippen LogP) is 2.24. The molecule has 0 aliphatic carbocycles. The smallest absolute Gasteiger partial charge is 0.227 e. The maximum atomic E-state index is 12.3. The SMILES string of the molecule is C[C@H]1C[C@@H](C(=O)NCc2cccc(N3CCCC3=O)c2)CCN1.Cl. The molecule has 0 bridgehead atoms. The number of halogens is 1. The van der Waals surface area contributed by atoms with E-state index in [2.05, 4.69) is 17.6 Å². The number of nitrogens with zero attached hydrogens (tertiary/aromatic N) is 1. The van der Waals surface area contributed by atoms with Crippen LogP contribution >= 0.6 is 12.4 Å². The van der Waals surface area contributed by atoms with Gasteiger partial charge in [-0.05, 0) is 50.4 Å². The molecule has 1 aromatic carbocycles. The molecule has 2 aliphatic heterocycles. The first-order valence-electron chi connectivity index (χ1n) is 8.54. The number of carbonyl (C=O) groups is 2. The average molecular weight is 352 g/mol. The Morgan fingerprint density at radius 3 is 2.96 bits per heavy atom. The number of benzene rings is 1. The van der Waals surface area contributed by atoms with E-state index in [0.29, 0.717) is 19.0 Å². The Morgan fingerprint density at radius 1 is 1.42 bits per heavy atom. The van der Waals surface area contributed by atoms with Crippen molar-refractivity contribution in [3.63, 3.8) is 0 Å². The van der Waals surface area contributed by atoms with Gasteiger partial charge in [0.25, 0.3) is 0 Å². The number of hydrogen-bond acceptors (Lipinski definition) is 3. The van der Waals surface area contributed by atoms with E-state index < -0.39 is 0 Å². The number of carbonyl (C=O) groups excluding carboxylic acids is 2. The lowest BCUT2D eigenvalue weighted by Crippen LogP contribution is -2.42. The highest BCUT2D eigenvalue weighted by Gasteiger charge is 2.25. The third-order valence-corrected chi connectivity index (χ3v) is 4.76. The van der Waals surface area contributed by atoms with Gasteiger partial charge >= 0.3 is 0 Å². The Kier molecular flexibility index (Phi) is 6.63. The summed E-state index contributed by atoms with van der Waals surface area (Å²) in [4.78, 5) is 26.0. The molecule has 6 heteroatoms. The highest BCUT2D eigenvalue weighted by atomic mass is 35.5. The van der Waals surface area contributed by atoms with Crippen molar-refractivity contribution in [3.05, 3.63) is 29.8 Å². The molecule has 3 rings (SSSR count). The van der Waals surface area contributed by atoms with Crippen LogP contribution in [-0.2, 0) is 16.1 Å². The van der Waals surface area contributed by atoms with Gasteiger partial charge in [-0.15, -0.1) is 12.4 Å². The molecule has 0 unspecified atom stereocenters. The van der Waals surface area contributed by atoms with E-state index in [0.717, 1.165) is 43.6 Å². The van der Waals surface area contributed by atoms with Crippen LogP contribution in [0.4, 0.5) is 5.69 Å². The molecule has 0 spiro atoms. The van der Waals surface area contributed by atoms with Crippen LogP contribution in [0.1, 0.15) is 38.2 Å². The van der Waals surface area contributed by atoms with Crippen molar-refractivity contribution in [2.75, 3.05) is 18.0 Å². The number of nitrogens with one attached hydrogen (secondary N) is 2. The summed E-state index contributed by atoms with van der Waals surface area (Å²) in [5, 5.41) is 6.41. The quantitative estimate of drug-likeness (QED) is 0.874. The van der Waals surface area contributed by atoms with E-state index in [-0.39, 0.29) is 30.1 Å². The van der Waals surface area contributed by atoms with Gasteiger partial charge in [-0.3, -0.25) is 9.59 Å². The minimum Gasteiger partial charge on any atom is -0.352 e.